The van der Waals surface area contributed by atoms with Crippen molar-refractivity contribution < 1.29 is 13.2 Å². The smallest absolute Gasteiger partial charge is 0.324 e. The van der Waals surface area contributed by atoms with Crippen LogP contribution in [0.2, 0.25) is 0 Å². The molecular weight excluding hydrogens is 263 g/mol. The Bertz CT molecular complexity index is 549. The van der Waals surface area contributed by atoms with Gasteiger partial charge in [-0.25, -0.2) is 0 Å². The normalized spacial score (nSPS) is 13.2. The number of rotatable bonds is 4. The van der Waals surface area contributed by atoms with Gasteiger partial charge in [-0.1, -0.05) is 48.5 Å². The summed E-state index contributed by atoms with van der Waals surface area (Å²) >= 11 is 0. The summed E-state index contributed by atoms with van der Waals surface area (Å²) in [5, 5.41) is 0. The van der Waals surface area contributed by atoms with Crippen molar-refractivity contribution >= 4 is 0 Å². The quantitative estimate of drug-likeness (QED) is 0.884. The number of hydrogen-bond donors (Lipinski definition) is 1. The number of hydrogen-bond acceptors (Lipinski definition) is 1. The molecule has 0 fully saturated rings. The van der Waals surface area contributed by atoms with E-state index in [2.05, 4.69) is 0 Å². The topological polar surface area (TPSA) is 26.0 Å². The zero-order valence-corrected chi connectivity index (χ0v) is 10.8. The highest BCUT2D eigenvalue weighted by Crippen LogP contribution is 2.30. The average molecular weight is 278 g/mol. The van der Waals surface area contributed by atoms with Gasteiger partial charge in [-0.05, 0) is 30.0 Å². The van der Waals surface area contributed by atoms with Crippen LogP contribution in [0.25, 0.3) is 0 Å². The summed E-state index contributed by atoms with van der Waals surface area (Å²) in [6.07, 6.45) is -2.09. The Morgan fingerprint density at radius 2 is 1.70 bits per heavy atom. The van der Waals surface area contributed by atoms with Crippen LogP contribution in [0.5, 0.6) is 0 Å². The summed E-state index contributed by atoms with van der Waals surface area (Å²) < 4.78 is 37.8. The summed E-state index contributed by atoms with van der Waals surface area (Å²) in [4.78, 5) is 0. The Balaban J connectivity index is 2.01. The molecule has 105 valence electrons. The van der Waals surface area contributed by atoms with Gasteiger partial charge in [0.2, 0.25) is 0 Å². The van der Waals surface area contributed by atoms with Crippen LogP contribution in [0.3, 0.4) is 0 Å². The summed E-state index contributed by atoms with van der Waals surface area (Å²) in [7, 11) is 0. The summed E-state index contributed by atoms with van der Waals surface area (Å²) in [5.74, 6) is 0. The maximum absolute atomic E-state index is 12.6. The van der Waals surface area contributed by atoms with Crippen molar-refractivity contribution in [2.45, 2.75) is 18.6 Å². The third-order valence-electron chi connectivity index (χ3n) is 3.05. The average Bonchev–Trinajstić information content (AvgIpc) is 2.45. The second-order valence-electron chi connectivity index (χ2n) is 4.58. The predicted molar refractivity (Wildman–Crippen MR) is 72.8 cm³/mol. The van der Waals surface area contributed by atoms with Crippen molar-refractivity contribution in [2.24, 2.45) is 5.73 Å². The molecular formula is C16H15F3N. The van der Waals surface area contributed by atoms with E-state index < -0.39 is 11.7 Å². The minimum absolute atomic E-state index is 0.217. The lowest BCUT2D eigenvalue weighted by Gasteiger charge is -2.12. The molecule has 2 rings (SSSR count). The van der Waals surface area contributed by atoms with Crippen LogP contribution in [0.1, 0.15) is 29.2 Å². The zero-order chi connectivity index (χ0) is 14.6. The van der Waals surface area contributed by atoms with Gasteiger partial charge >= 0.3 is 6.18 Å². The van der Waals surface area contributed by atoms with E-state index in [0.717, 1.165) is 17.7 Å². The maximum Gasteiger partial charge on any atom is 0.416 e. The molecule has 0 saturated heterocycles. The third kappa shape index (κ3) is 3.84. The fourth-order valence-corrected chi connectivity index (χ4v) is 1.94. The van der Waals surface area contributed by atoms with Gasteiger partial charge in [0.15, 0.2) is 0 Å². The van der Waals surface area contributed by atoms with Gasteiger partial charge in [0.05, 0.1) is 5.56 Å². The number of benzene rings is 2. The number of nitrogens with two attached hydrogens (primary N) is 1. The van der Waals surface area contributed by atoms with Crippen molar-refractivity contribution in [3.8, 4) is 0 Å². The molecule has 1 unspecified atom stereocenters. The highest BCUT2D eigenvalue weighted by molar-refractivity contribution is 5.31. The lowest BCUT2D eigenvalue weighted by Crippen LogP contribution is -2.10. The van der Waals surface area contributed by atoms with Crippen LogP contribution in [0, 0.1) is 6.42 Å². The molecule has 0 aromatic heterocycles. The summed E-state index contributed by atoms with van der Waals surface area (Å²) in [5.41, 5.74) is 6.88. The molecule has 1 nitrogen and oxygen atoms in total. The minimum Gasteiger partial charge on any atom is -0.324 e. The second kappa shape index (κ2) is 6.09. The minimum atomic E-state index is -4.31. The van der Waals surface area contributed by atoms with Crippen molar-refractivity contribution in [3.05, 3.63) is 77.7 Å². The lowest BCUT2D eigenvalue weighted by atomic mass is 9.99. The Hall–Kier alpha value is -1.81. The Kier molecular flexibility index (Phi) is 4.45. The SMILES string of the molecule is NC(C[CH]c1cccc(C(F)(F)F)c1)c1ccccc1. The van der Waals surface area contributed by atoms with Crippen LogP contribution in [0.4, 0.5) is 13.2 Å². The van der Waals surface area contributed by atoms with E-state index in [4.69, 9.17) is 5.73 Å². The molecule has 2 aromatic rings. The molecule has 2 aromatic carbocycles. The van der Waals surface area contributed by atoms with E-state index >= 15 is 0 Å². The first-order valence-electron chi connectivity index (χ1n) is 6.28. The van der Waals surface area contributed by atoms with Gasteiger partial charge < -0.3 is 5.73 Å². The van der Waals surface area contributed by atoms with E-state index in [1.54, 1.807) is 12.5 Å². The summed E-state index contributed by atoms with van der Waals surface area (Å²) in [6, 6.07) is 14.5. The van der Waals surface area contributed by atoms with Crippen molar-refractivity contribution in [1.29, 1.82) is 0 Å². The van der Waals surface area contributed by atoms with Crippen molar-refractivity contribution in [2.75, 3.05) is 0 Å². The Morgan fingerprint density at radius 3 is 2.35 bits per heavy atom. The molecule has 1 radical (unpaired) electrons. The van der Waals surface area contributed by atoms with Crippen LogP contribution in [0.15, 0.2) is 54.6 Å². The first-order chi connectivity index (χ1) is 9.47. The highest BCUT2D eigenvalue weighted by Gasteiger charge is 2.30. The first kappa shape index (κ1) is 14.6. The fourth-order valence-electron chi connectivity index (χ4n) is 1.94. The van der Waals surface area contributed by atoms with Gasteiger partial charge in [0, 0.05) is 6.04 Å². The van der Waals surface area contributed by atoms with E-state index in [9.17, 15) is 13.2 Å². The molecule has 1 atom stereocenters. The standard InChI is InChI=1S/C16H15F3N/c17-16(18,19)14-8-4-5-12(11-14)9-10-15(20)13-6-2-1-3-7-13/h1-9,11,15H,10,20H2. The molecule has 0 amide bonds. The molecule has 0 aliphatic rings. The molecule has 0 bridgehead atoms. The number of halogens is 3. The molecule has 0 heterocycles. The van der Waals surface area contributed by atoms with E-state index in [1.165, 1.54) is 6.07 Å². The first-order valence-corrected chi connectivity index (χ1v) is 6.28. The molecule has 4 heteroatoms. The van der Waals surface area contributed by atoms with Gasteiger partial charge in [-0.2, -0.15) is 13.2 Å². The van der Waals surface area contributed by atoms with Crippen LogP contribution >= 0.6 is 0 Å². The molecule has 0 aliphatic carbocycles. The van der Waals surface area contributed by atoms with E-state index in [0.29, 0.717) is 12.0 Å². The highest BCUT2D eigenvalue weighted by atomic mass is 19.4. The monoisotopic (exact) mass is 278 g/mol. The third-order valence-corrected chi connectivity index (χ3v) is 3.05. The predicted octanol–water partition coefficient (Wildman–Crippen LogP) is 4.35. The molecule has 0 spiro atoms. The molecule has 2 N–H and O–H groups in total. The summed E-state index contributed by atoms with van der Waals surface area (Å²) in [6.45, 7) is 0. The second-order valence-corrected chi connectivity index (χ2v) is 4.58. The molecule has 0 aliphatic heterocycles. The largest absolute Gasteiger partial charge is 0.416 e. The zero-order valence-electron chi connectivity index (χ0n) is 10.8. The van der Waals surface area contributed by atoms with Gasteiger partial charge in [-0.3, -0.25) is 0 Å². The fraction of sp³-hybridized carbons (Fsp3) is 0.188. The van der Waals surface area contributed by atoms with Crippen molar-refractivity contribution in [1.82, 2.24) is 0 Å². The molecule has 20 heavy (non-hydrogen) atoms. The van der Waals surface area contributed by atoms with E-state index in [-0.39, 0.29) is 6.04 Å². The van der Waals surface area contributed by atoms with Gasteiger partial charge in [0.1, 0.15) is 0 Å². The van der Waals surface area contributed by atoms with Crippen LogP contribution < -0.4 is 5.73 Å². The van der Waals surface area contributed by atoms with Gasteiger partial charge in [0.25, 0.3) is 0 Å². The van der Waals surface area contributed by atoms with Gasteiger partial charge in [-0.15, -0.1) is 0 Å². The van der Waals surface area contributed by atoms with E-state index in [1.807, 2.05) is 30.3 Å². The Morgan fingerprint density at radius 1 is 1.00 bits per heavy atom. The Labute approximate surface area is 116 Å². The van der Waals surface area contributed by atoms with Crippen LogP contribution in [-0.4, -0.2) is 0 Å². The van der Waals surface area contributed by atoms with Crippen molar-refractivity contribution in [3.63, 3.8) is 0 Å². The lowest BCUT2D eigenvalue weighted by molar-refractivity contribution is -0.137. The number of alkyl halides is 3. The van der Waals surface area contributed by atoms with Crippen LogP contribution in [-0.2, 0) is 6.18 Å². The maximum atomic E-state index is 12.6. The molecule has 0 saturated carbocycles.